The second kappa shape index (κ2) is 8.03. The van der Waals surface area contributed by atoms with E-state index in [2.05, 4.69) is 26.2 Å². The number of ether oxygens (including phenoxy) is 2. The fraction of sp³-hybridized carbons (Fsp3) is 0.304. The van der Waals surface area contributed by atoms with Crippen LogP contribution in [0.15, 0.2) is 48.7 Å². The van der Waals surface area contributed by atoms with Crippen molar-refractivity contribution < 1.29 is 14.3 Å². The first-order chi connectivity index (χ1) is 14.1. The number of aromatic nitrogens is 1. The van der Waals surface area contributed by atoms with Crippen LogP contribution in [0, 0.1) is 6.92 Å². The Morgan fingerprint density at radius 1 is 1.21 bits per heavy atom. The molecule has 0 aliphatic heterocycles. The van der Waals surface area contributed by atoms with E-state index in [1.807, 2.05) is 49.4 Å². The van der Waals surface area contributed by atoms with Crippen molar-refractivity contribution in [2.75, 3.05) is 19.0 Å². The van der Waals surface area contributed by atoms with E-state index in [1.165, 1.54) is 0 Å². The molecule has 0 saturated heterocycles. The highest BCUT2D eigenvalue weighted by Crippen LogP contribution is 2.49. The van der Waals surface area contributed by atoms with Crippen LogP contribution < -0.4 is 14.8 Å². The number of halogens is 1. The van der Waals surface area contributed by atoms with Crippen LogP contribution in [-0.4, -0.2) is 29.9 Å². The van der Waals surface area contributed by atoms with Crippen molar-refractivity contribution in [3.05, 3.63) is 65.4 Å². The molecule has 1 aliphatic carbocycles. The number of benzene rings is 2. The lowest BCUT2D eigenvalue weighted by atomic mass is 9.97. The molecule has 0 spiro atoms. The molecule has 3 aromatic rings. The molecule has 1 aromatic heterocycles. The van der Waals surface area contributed by atoms with E-state index >= 15 is 0 Å². The predicted octanol–water partition coefficient (Wildman–Crippen LogP) is 4.74. The lowest BCUT2D eigenvalue weighted by molar-refractivity contribution is 0.0930. The number of carbonyl (C=O) groups excluding carboxylic acids is 1. The molecule has 6 heteroatoms. The zero-order valence-corrected chi connectivity index (χ0v) is 18.1. The van der Waals surface area contributed by atoms with Crippen molar-refractivity contribution in [3.63, 3.8) is 0 Å². The Kier molecular flexibility index (Phi) is 5.46. The summed E-state index contributed by atoms with van der Waals surface area (Å²) >= 11 is 3.35. The van der Waals surface area contributed by atoms with Gasteiger partial charge in [-0.25, -0.2) is 0 Å². The zero-order valence-electron chi connectivity index (χ0n) is 16.5. The van der Waals surface area contributed by atoms with Gasteiger partial charge >= 0.3 is 0 Å². The maximum Gasteiger partial charge on any atom is 0.252 e. The first-order valence-corrected chi connectivity index (χ1v) is 10.7. The third kappa shape index (κ3) is 3.94. The Hall–Kier alpha value is -2.60. The van der Waals surface area contributed by atoms with Crippen LogP contribution in [0.2, 0.25) is 0 Å². The van der Waals surface area contributed by atoms with Gasteiger partial charge in [-0.05, 0) is 55.2 Å². The summed E-state index contributed by atoms with van der Waals surface area (Å²) < 4.78 is 11.1. The molecule has 29 heavy (non-hydrogen) atoms. The maximum absolute atomic E-state index is 13.2. The van der Waals surface area contributed by atoms with Crippen molar-refractivity contribution >= 4 is 32.7 Å². The van der Waals surface area contributed by atoms with Crippen LogP contribution in [0.3, 0.4) is 0 Å². The van der Waals surface area contributed by atoms with Gasteiger partial charge in [0.25, 0.3) is 5.91 Å². The Bertz CT molecular complexity index is 1060. The first-order valence-electron chi connectivity index (χ1n) is 9.61. The topological polar surface area (TPSA) is 60.5 Å². The van der Waals surface area contributed by atoms with Crippen molar-refractivity contribution in [2.24, 2.45) is 0 Å². The minimum atomic E-state index is -0.397. The third-order valence-electron chi connectivity index (χ3n) is 5.35. The van der Waals surface area contributed by atoms with Gasteiger partial charge in [0.1, 0.15) is 11.5 Å². The third-order valence-corrected chi connectivity index (χ3v) is 5.67. The number of amides is 1. The molecule has 0 unspecified atom stereocenters. The molecule has 1 amide bonds. The van der Waals surface area contributed by atoms with Crippen molar-refractivity contribution in [1.82, 2.24) is 10.3 Å². The second-order valence-electron chi connectivity index (χ2n) is 7.30. The van der Waals surface area contributed by atoms with E-state index in [4.69, 9.17) is 9.47 Å². The number of aryl methyl sites for hydroxylation is 1. The smallest absolute Gasteiger partial charge is 0.252 e. The van der Waals surface area contributed by atoms with Crippen molar-refractivity contribution in [1.29, 1.82) is 0 Å². The number of rotatable bonds is 7. The van der Waals surface area contributed by atoms with Crippen LogP contribution in [0.5, 0.6) is 11.5 Å². The molecule has 150 valence electrons. The highest BCUT2D eigenvalue weighted by molar-refractivity contribution is 9.09. The Morgan fingerprint density at radius 2 is 2.03 bits per heavy atom. The molecule has 0 bridgehead atoms. The fourth-order valence-corrected chi connectivity index (χ4v) is 3.80. The molecule has 1 N–H and O–H groups in total. The SMILES string of the molecule is COc1cc(C2(NC(=O)c3cc(OCCBr)ccc3C)CC2)c2cccnc2c1. The number of nitrogens with one attached hydrogen (secondary N) is 1. The summed E-state index contributed by atoms with van der Waals surface area (Å²) in [5.74, 6) is 1.35. The van der Waals surface area contributed by atoms with Gasteiger partial charge in [0.05, 0.1) is 24.8 Å². The van der Waals surface area contributed by atoms with E-state index in [-0.39, 0.29) is 5.91 Å². The lowest BCUT2D eigenvalue weighted by Crippen LogP contribution is -2.35. The molecule has 1 fully saturated rings. The predicted molar refractivity (Wildman–Crippen MR) is 117 cm³/mol. The summed E-state index contributed by atoms with van der Waals surface area (Å²) in [5, 5.41) is 5.06. The summed E-state index contributed by atoms with van der Waals surface area (Å²) in [6.07, 6.45) is 3.54. The van der Waals surface area contributed by atoms with Gasteiger partial charge in [-0.15, -0.1) is 0 Å². The molecule has 0 radical (unpaired) electrons. The number of hydrogen-bond acceptors (Lipinski definition) is 4. The van der Waals surface area contributed by atoms with Gasteiger partial charge in [0.2, 0.25) is 0 Å². The Morgan fingerprint density at radius 3 is 2.76 bits per heavy atom. The Labute approximate surface area is 178 Å². The van der Waals surface area contributed by atoms with Crippen LogP contribution in [0.4, 0.5) is 0 Å². The molecule has 1 heterocycles. The van der Waals surface area contributed by atoms with E-state index in [9.17, 15) is 4.79 Å². The molecule has 0 atom stereocenters. The molecule has 1 aliphatic rings. The molecule has 2 aromatic carbocycles. The number of pyridine rings is 1. The molecule has 5 nitrogen and oxygen atoms in total. The summed E-state index contributed by atoms with van der Waals surface area (Å²) in [7, 11) is 1.65. The van der Waals surface area contributed by atoms with Crippen molar-refractivity contribution in [3.8, 4) is 11.5 Å². The molecule has 1 saturated carbocycles. The average molecular weight is 455 g/mol. The second-order valence-corrected chi connectivity index (χ2v) is 8.09. The van der Waals surface area contributed by atoms with Gasteiger partial charge in [-0.2, -0.15) is 0 Å². The number of hydrogen-bond donors (Lipinski definition) is 1. The number of alkyl halides is 1. The number of nitrogens with zero attached hydrogens (tertiary/aromatic N) is 1. The van der Waals surface area contributed by atoms with Crippen LogP contribution in [0.25, 0.3) is 10.9 Å². The number of fused-ring (bicyclic) bond motifs is 1. The quantitative estimate of drug-likeness (QED) is 0.523. The van der Waals surface area contributed by atoms with Crippen molar-refractivity contribution in [2.45, 2.75) is 25.3 Å². The van der Waals surface area contributed by atoms with Crippen LogP contribution >= 0.6 is 15.9 Å². The number of carbonyl (C=O) groups is 1. The van der Waals surface area contributed by atoms with Crippen LogP contribution in [-0.2, 0) is 5.54 Å². The van der Waals surface area contributed by atoms with E-state index in [1.54, 1.807) is 13.3 Å². The average Bonchev–Trinajstić information content (AvgIpc) is 3.52. The van der Waals surface area contributed by atoms with Gasteiger partial charge in [0.15, 0.2) is 0 Å². The van der Waals surface area contributed by atoms with Gasteiger partial charge in [-0.1, -0.05) is 28.1 Å². The van der Waals surface area contributed by atoms with Crippen LogP contribution in [0.1, 0.15) is 34.3 Å². The zero-order chi connectivity index (χ0) is 20.4. The standard InChI is InChI=1S/C23H23BrN2O3/c1-15-5-6-16(29-11-9-24)12-19(15)22(27)26-23(7-8-23)20-13-17(28-2)14-21-18(20)4-3-10-25-21/h3-6,10,12-14H,7-9,11H2,1-2H3,(H,26,27). The monoisotopic (exact) mass is 454 g/mol. The number of methoxy groups -OCH3 is 1. The molecule has 4 rings (SSSR count). The highest BCUT2D eigenvalue weighted by Gasteiger charge is 2.47. The fourth-order valence-electron chi connectivity index (χ4n) is 3.63. The van der Waals surface area contributed by atoms with Gasteiger partial charge in [0, 0.05) is 28.5 Å². The summed E-state index contributed by atoms with van der Waals surface area (Å²) in [5.41, 5.74) is 3.07. The van der Waals surface area contributed by atoms with E-state index < -0.39 is 5.54 Å². The highest BCUT2D eigenvalue weighted by atomic mass is 79.9. The minimum Gasteiger partial charge on any atom is -0.497 e. The molecular weight excluding hydrogens is 432 g/mol. The summed E-state index contributed by atoms with van der Waals surface area (Å²) in [4.78, 5) is 17.7. The summed E-state index contributed by atoms with van der Waals surface area (Å²) in [6.45, 7) is 2.49. The minimum absolute atomic E-state index is 0.0934. The largest absolute Gasteiger partial charge is 0.497 e. The first kappa shape index (κ1) is 19.7. The Balaban J connectivity index is 1.67. The van der Waals surface area contributed by atoms with Gasteiger partial charge < -0.3 is 14.8 Å². The normalized spacial score (nSPS) is 14.4. The maximum atomic E-state index is 13.2. The van der Waals surface area contributed by atoms with E-state index in [0.717, 1.165) is 46.0 Å². The summed E-state index contributed by atoms with van der Waals surface area (Å²) in [6, 6.07) is 13.5. The van der Waals surface area contributed by atoms with E-state index in [0.29, 0.717) is 17.9 Å². The molecular formula is C23H23BrN2O3. The van der Waals surface area contributed by atoms with Gasteiger partial charge in [-0.3, -0.25) is 9.78 Å². The lowest BCUT2D eigenvalue weighted by Gasteiger charge is -2.21.